The maximum atomic E-state index is 12.6. The van der Waals surface area contributed by atoms with Crippen LogP contribution in [-0.2, 0) is 13.6 Å². The SMILES string of the molecule is Cn1cc(CN2CC[C@@H]3[C@@H]2CCN3C(=O)c2cccs2)cn1. The minimum absolute atomic E-state index is 0.214. The van der Waals surface area contributed by atoms with E-state index in [1.807, 2.05) is 35.4 Å². The van der Waals surface area contributed by atoms with Gasteiger partial charge in [-0.05, 0) is 24.3 Å². The van der Waals surface area contributed by atoms with Crippen LogP contribution in [0.2, 0.25) is 0 Å². The minimum Gasteiger partial charge on any atom is -0.333 e. The number of fused-ring (bicyclic) bond motifs is 1. The second kappa shape index (κ2) is 5.52. The molecule has 4 rings (SSSR count). The third-order valence-corrected chi connectivity index (χ3v) is 5.69. The van der Waals surface area contributed by atoms with E-state index >= 15 is 0 Å². The molecule has 2 atom stereocenters. The van der Waals surface area contributed by atoms with E-state index < -0.39 is 0 Å². The van der Waals surface area contributed by atoms with Gasteiger partial charge in [-0.15, -0.1) is 11.3 Å². The lowest BCUT2D eigenvalue weighted by Crippen LogP contribution is -2.39. The Morgan fingerprint density at radius 2 is 2.23 bits per heavy atom. The van der Waals surface area contributed by atoms with E-state index in [0.29, 0.717) is 12.1 Å². The zero-order valence-electron chi connectivity index (χ0n) is 12.7. The van der Waals surface area contributed by atoms with Crippen LogP contribution in [0.5, 0.6) is 0 Å². The van der Waals surface area contributed by atoms with Gasteiger partial charge >= 0.3 is 0 Å². The fourth-order valence-corrected chi connectivity index (χ4v) is 4.53. The second-order valence-corrected chi connectivity index (χ2v) is 7.13. The first kappa shape index (κ1) is 14.0. The standard InChI is InChI=1S/C16H20N4OS/c1-18-10-12(9-17-18)11-19-6-4-14-13(19)5-7-20(14)16(21)15-3-2-8-22-15/h2-3,8-10,13-14H,4-7,11H2,1H3/t13-,14+/m0/s1. The molecule has 2 aromatic heterocycles. The Balaban J connectivity index is 1.46. The van der Waals surface area contributed by atoms with Crippen molar-refractivity contribution in [3.63, 3.8) is 0 Å². The lowest BCUT2D eigenvalue weighted by Gasteiger charge is -2.25. The van der Waals surface area contributed by atoms with Crippen molar-refractivity contribution in [3.05, 3.63) is 40.3 Å². The van der Waals surface area contributed by atoms with Crippen LogP contribution >= 0.6 is 11.3 Å². The average Bonchev–Trinajstić information content (AvgIpc) is 3.24. The summed E-state index contributed by atoms with van der Waals surface area (Å²) in [4.78, 5) is 18.1. The first-order valence-corrected chi connectivity index (χ1v) is 8.66. The average molecular weight is 316 g/mol. The normalized spacial score (nSPS) is 24.9. The molecule has 4 heterocycles. The summed E-state index contributed by atoms with van der Waals surface area (Å²) in [5.74, 6) is 0.214. The molecule has 2 aliphatic rings. The van der Waals surface area contributed by atoms with Gasteiger partial charge in [-0.1, -0.05) is 6.07 Å². The van der Waals surface area contributed by atoms with Crippen LogP contribution in [0, 0.1) is 0 Å². The van der Waals surface area contributed by atoms with E-state index in [-0.39, 0.29) is 5.91 Å². The summed E-state index contributed by atoms with van der Waals surface area (Å²) in [5, 5.41) is 6.22. The Kier molecular flexibility index (Phi) is 3.50. The van der Waals surface area contributed by atoms with Gasteiger partial charge in [-0.25, -0.2) is 0 Å². The van der Waals surface area contributed by atoms with Crippen LogP contribution in [0.15, 0.2) is 29.9 Å². The molecule has 0 radical (unpaired) electrons. The quantitative estimate of drug-likeness (QED) is 0.869. The number of amides is 1. The van der Waals surface area contributed by atoms with Crippen LogP contribution in [-0.4, -0.2) is 50.7 Å². The van der Waals surface area contributed by atoms with Crippen molar-refractivity contribution in [1.29, 1.82) is 0 Å². The zero-order chi connectivity index (χ0) is 15.1. The summed E-state index contributed by atoms with van der Waals surface area (Å²) >= 11 is 1.54. The molecule has 116 valence electrons. The predicted octanol–water partition coefficient (Wildman–Crippen LogP) is 1.97. The summed E-state index contributed by atoms with van der Waals surface area (Å²) in [6, 6.07) is 4.77. The number of rotatable bonds is 3. The highest BCUT2D eigenvalue weighted by Crippen LogP contribution is 2.34. The van der Waals surface area contributed by atoms with E-state index in [0.717, 1.165) is 37.4 Å². The molecular formula is C16H20N4OS. The van der Waals surface area contributed by atoms with E-state index in [1.165, 1.54) is 5.56 Å². The summed E-state index contributed by atoms with van der Waals surface area (Å²) in [5.41, 5.74) is 1.26. The van der Waals surface area contributed by atoms with Crippen molar-refractivity contribution in [3.8, 4) is 0 Å². The summed E-state index contributed by atoms with van der Waals surface area (Å²) in [6.45, 7) is 2.89. The molecule has 2 fully saturated rings. The van der Waals surface area contributed by atoms with Crippen molar-refractivity contribution in [1.82, 2.24) is 19.6 Å². The largest absolute Gasteiger partial charge is 0.333 e. The molecule has 22 heavy (non-hydrogen) atoms. The maximum absolute atomic E-state index is 12.6. The van der Waals surface area contributed by atoms with Gasteiger partial charge in [0, 0.05) is 50.5 Å². The molecule has 0 saturated carbocycles. The Hall–Kier alpha value is -1.66. The topological polar surface area (TPSA) is 41.4 Å². The molecule has 0 aliphatic carbocycles. The highest BCUT2D eigenvalue weighted by atomic mass is 32.1. The number of hydrogen-bond donors (Lipinski definition) is 0. The highest BCUT2D eigenvalue weighted by molar-refractivity contribution is 7.12. The van der Waals surface area contributed by atoms with Crippen LogP contribution < -0.4 is 0 Å². The molecule has 2 aliphatic heterocycles. The van der Waals surface area contributed by atoms with Gasteiger partial charge in [-0.2, -0.15) is 5.10 Å². The Bertz CT molecular complexity index is 666. The van der Waals surface area contributed by atoms with Gasteiger partial charge in [0.05, 0.1) is 11.1 Å². The number of nitrogens with zero attached hydrogens (tertiary/aromatic N) is 4. The molecule has 0 bridgehead atoms. The number of thiophene rings is 1. The first-order chi connectivity index (χ1) is 10.7. The number of hydrogen-bond acceptors (Lipinski definition) is 4. The molecule has 0 unspecified atom stereocenters. The van der Waals surface area contributed by atoms with Crippen LogP contribution in [0.25, 0.3) is 0 Å². The van der Waals surface area contributed by atoms with Crippen molar-refractivity contribution < 1.29 is 4.79 Å². The molecule has 0 N–H and O–H groups in total. The fourth-order valence-electron chi connectivity index (χ4n) is 3.85. The van der Waals surface area contributed by atoms with E-state index in [2.05, 4.69) is 21.1 Å². The molecule has 1 amide bonds. The molecule has 6 heteroatoms. The van der Waals surface area contributed by atoms with Gasteiger partial charge in [0.15, 0.2) is 0 Å². The summed E-state index contributed by atoms with van der Waals surface area (Å²) in [7, 11) is 1.95. The molecule has 0 spiro atoms. The Labute approximate surface area is 134 Å². The Morgan fingerprint density at radius 3 is 2.95 bits per heavy atom. The molecule has 2 saturated heterocycles. The number of likely N-dealkylation sites (tertiary alicyclic amines) is 2. The number of carbonyl (C=O) groups excluding carboxylic acids is 1. The third kappa shape index (κ3) is 2.36. The molecular weight excluding hydrogens is 296 g/mol. The van der Waals surface area contributed by atoms with Crippen molar-refractivity contribution in [2.45, 2.75) is 31.5 Å². The van der Waals surface area contributed by atoms with E-state index in [4.69, 9.17) is 0 Å². The summed E-state index contributed by atoms with van der Waals surface area (Å²) < 4.78 is 1.85. The highest BCUT2D eigenvalue weighted by Gasteiger charge is 2.44. The van der Waals surface area contributed by atoms with Crippen molar-refractivity contribution >= 4 is 17.2 Å². The van der Waals surface area contributed by atoms with Gasteiger partial charge in [0.2, 0.25) is 0 Å². The van der Waals surface area contributed by atoms with Crippen LogP contribution in [0.3, 0.4) is 0 Å². The van der Waals surface area contributed by atoms with Gasteiger partial charge in [0.25, 0.3) is 5.91 Å². The molecule has 2 aromatic rings. The van der Waals surface area contributed by atoms with Crippen molar-refractivity contribution in [2.24, 2.45) is 7.05 Å². The maximum Gasteiger partial charge on any atom is 0.264 e. The van der Waals surface area contributed by atoms with Crippen molar-refractivity contribution in [2.75, 3.05) is 13.1 Å². The fraction of sp³-hybridized carbons (Fsp3) is 0.500. The smallest absolute Gasteiger partial charge is 0.264 e. The number of carbonyl (C=O) groups is 1. The minimum atomic E-state index is 0.214. The first-order valence-electron chi connectivity index (χ1n) is 7.78. The number of aryl methyl sites for hydroxylation is 1. The van der Waals surface area contributed by atoms with Gasteiger partial charge < -0.3 is 4.90 Å². The lowest BCUT2D eigenvalue weighted by molar-refractivity contribution is 0.0737. The van der Waals surface area contributed by atoms with Gasteiger partial charge in [-0.3, -0.25) is 14.4 Å². The Morgan fingerprint density at radius 1 is 1.36 bits per heavy atom. The predicted molar refractivity (Wildman–Crippen MR) is 85.8 cm³/mol. The molecule has 5 nitrogen and oxygen atoms in total. The van der Waals surface area contributed by atoms with E-state index in [1.54, 1.807) is 11.3 Å². The monoisotopic (exact) mass is 316 g/mol. The van der Waals surface area contributed by atoms with Crippen LogP contribution in [0.4, 0.5) is 0 Å². The zero-order valence-corrected chi connectivity index (χ0v) is 13.5. The van der Waals surface area contributed by atoms with Crippen LogP contribution in [0.1, 0.15) is 28.1 Å². The van der Waals surface area contributed by atoms with E-state index in [9.17, 15) is 4.79 Å². The second-order valence-electron chi connectivity index (χ2n) is 6.18. The lowest BCUT2D eigenvalue weighted by atomic mass is 10.1. The van der Waals surface area contributed by atoms with Gasteiger partial charge in [0.1, 0.15) is 0 Å². The number of aromatic nitrogens is 2. The molecule has 0 aromatic carbocycles. The summed E-state index contributed by atoms with van der Waals surface area (Å²) in [6.07, 6.45) is 6.19. The third-order valence-electron chi connectivity index (χ3n) is 4.83.